The number of nitrogens with two attached hydrogens (primary N) is 1. The minimum absolute atomic E-state index is 0.0572. The molecule has 1 aliphatic rings. The predicted molar refractivity (Wildman–Crippen MR) is 55.7 cm³/mol. The molecule has 82 valence electrons. The Hall–Kier alpha value is -1.33. The lowest BCUT2D eigenvalue weighted by Crippen LogP contribution is -2.35. The number of hydrogen-bond acceptors (Lipinski definition) is 4. The fraction of sp³-hybridized carbons (Fsp3) is 0.500. The van der Waals surface area contributed by atoms with Crippen LogP contribution in [-0.4, -0.2) is 30.5 Å². The second-order valence-corrected chi connectivity index (χ2v) is 3.49. The Morgan fingerprint density at radius 3 is 3.13 bits per heavy atom. The van der Waals surface area contributed by atoms with Crippen molar-refractivity contribution in [3.63, 3.8) is 0 Å². The third kappa shape index (κ3) is 2.37. The highest BCUT2D eigenvalue weighted by Crippen LogP contribution is 2.03. The van der Waals surface area contributed by atoms with E-state index in [0.29, 0.717) is 26.4 Å². The summed E-state index contributed by atoms with van der Waals surface area (Å²) >= 11 is 0. The first-order chi connectivity index (χ1) is 7.27. The molecule has 2 rings (SSSR count). The van der Waals surface area contributed by atoms with Gasteiger partial charge in [-0.2, -0.15) is 0 Å². The van der Waals surface area contributed by atoms with E-state index < -0.39 is 0 Å². The van der Waals surface area contributed by atoms with Crippen molar-refractivity contribution in [3.05, 3.63) is 28.7 Å². The fourth-order valence-corrected chi connectivity index (χ4v) is 1.56. The monoisotopic (exact) mass is 210 g/mol. The SMILES string of the molecule is Nc1cccn(CC2COCCO2)c1=O. The van der Waals surface area contributed by atoms with Crippen molar-refractivity contribution in [2.45, 2.75) is 12.6 Å². The molecule has 1 aromatic heterocycles. The number of rotatable bonds is 2. The van der Waals surface area contributed by atoms with Gasteiger partial charge in [-0.1, -0.05) is 0 Å². The van der Waals surface area contributed by atoms with Crippen LogP contribution >= 0.6 is 0 Å². The number of anilines is 1. The molecule has 1 fully saturated rings. The van der Waals surface area contributed by atoms with E-state index in [0.717, 1.165) is 0 Å². The number of nitrogens with zero attached hydrogens (tertiary/aromatic N) is 1. The molecule has 1 saturated heterocycles. The van der Waals surface area contributed by atoms with Crippen LogP contribution in [-0.2, 0) is 16.0 Å². The van der Waals surface area contributed by atoms with Crippen LogP contribution in [0.3, 0.4) is 0 Å². The second kappa shape index (κ2) is 4.46. The van der Waals surface area contributed by atoms with Crippen LogP contribution in [0, 0.1) is 0 Å². The fourth-order valence-electron chi connectivity index (χ4n) is 1.56. The highest BCUT2D eigenvalue weighted by molar-refractivity contribution is 5.33. The molecule has 0 saturated carbocycles. The maximum Gasteiger partial charge on any atom is 0.273 e. The van der Waals surface area contributed by atoms with Crippen molar-refractivity contribution >= 4 is 5.69 Å². The minimum atomic E-state index is -0.174. The van der Waals surface area contributed by atoms with Gasteiger partial charge in [-0.05, 0) is 12.1 Å². The van der Waals surface area contributed by atoms with E-state index in [2.05, 4.69) is 0 Å². The maximum atomic E-state index is 11.6. The molecule has 0 aromatic carbocycles. The van der Waals surface area contributed by atoms with Crippen LogP contribution in [0.15, 0.2) is 23.1 Å². The third-order valence-corrected chi connectivity index (χ3v) is 2.33. The number of nitrogen functional groups attached to an aromatic ring is 1. The lowest BCUT2D eigenvalue weighted by atomic mass is 10.3. The van der Waals surface area contributed by atoms with Gasteiger partial charge in [0.15, 0.2) is 0 Å². The van der Waals surface area contributed by atoms with Crippen molar-refractivity contribution in [1.29, 1.82) is 0 Å². The summed E-state index contributed by atoms with van der Waals surface area (Å²) in [6, 6.07) is 3.34. The average molecular weight is 210 g/mol. The molecule has 1 unspecified atom stereocenters. The summed E-state index contributed by atoms with van der Waals surface area (Å²) in [5, 5.41) is 0. The van der Waals surface area contributed by atoms with Crippen molar-refractivity contribution < 1.29 is 9.47 Å². The van der Waals surface area contributed by atoms with Gasteiger partial charge in [-0.15, -0.1) is 0 Å². The zero-order valence-electron chi connectivity index (χ0n) is 8.39. The summed E-state index contributed by atoms with van der Waals surface area (Å²) in [5.41, 5.74) is 5.60. The first-order valence-corrected chi connectivity index (χ1v) is 4.91. The number of aromatic nitrogens is 1. The van der Waals surface area contributed by atoms with Crippen molar-refractivity contribution in [3.8, 4) is 0 Å². The van der Waals surface area contributed by atoms with E-state index in [-0.39, 0.29) is 17.4 Å². The van der Waals surface area contributed by atoms with Gasteiger partial charge in [0, 0.05) is 6.20 Å². The first-order valence-electron chi connectivity index (χ1n) is 4.91. The molecule has 2 N–H and O–H groups in total. The molecule has 2 heterocycles. The average Bonchev–Trinajstić information content (AvgIpc) is 2.26. The minimum Gasteiger partial charge on any atom is -0.394 e. The summed E-state index contributed by atoms with van der Waals surface area (Å²) in [6.07, 6.45) is 1.65. The molecule has 5 nitrogen and oxygen atoms in total. The first kappa shape index (κ1) is 10.2. The summed E-state index contributed by atoms with van der Waals surface area (Å²) in [6.45, 7) is 2.23. The Labute approximate surface area is 87.4 Å². The van der Waals surface area contributed by atoms with E-state index >= 15 is 0 Å². The van der Waals surface area contributed by atoms with E-state index in [9.17, 15) is 4.79 Å². The van der Waals surface area contributed by atoms with Gasteiger partial charge < -0.3 is 19.8 Å². The van der Waals surface area contributed by atoms with Crippen LogP contribution < -0.4 is 11.3 Å². The van der Waals surface area contributed by atoms with Crippen molar-refractivity contribution in [2.75, 3.05) is 25.6 Å². The molecule has 1 aromatic rings. The van der Waals surface area contributed by atoms with Crippen LogP contribution in [0.1, 0.15) is 0 Å². The Balaban J connectivity index is 2.09. The molecule has 5 heteroatoms. The van der Waals surface area contributed by atoms with Crippen LogP contribution in [0.4, 0.5) is 5.69 Å². The Morgan fingerprint density at radius 2 is 2.40 bits per heavy atom. The summed E-state index contributed by atoms with van der Waals surface area (Å²) in [5.74, 6) is 0. The smallest absolute Gasteiger partial charge is 0.273 e. The predicted octanol–water partition coefficient (Wildman–Crippen LogP) is -0.154. The lowest BCUT2D eigenvalue weighted by Gasteiger charge is -2.23. The summed E-state index contributed by atoms with van der Waals surface area (Å²) in [4.78, 5) is 11.6. The lowest BCUT2D eigenvalue weighted by molar-refractivity contribution is -0.0938. The van der Waals surface area contributed by atoms with E-state index in [1.807, 2.05) is 0 Å². The van der Waals surface area contributed by atoms with Gasteiger partial charge in [0.05, 0.1) is 38.2 Å². The zero-order chi connectivity index (χ0) is 10.7. The Bertz CT molecular complexity index is 382. The van der Waals surface area contributed by atoms with E-state index in [1.54, 1.807) is 22.9 Å². The molecule has 15 heavy (non-hydrogen) atoms. The Morgan fingerprint density at radius 1 is 1.53 bits per heavy atom. The van der Waals surface area contributed by atoms with E-state index in [1.165, 1.54) is 0 Å². The van der Waals surface area contributed by atoms with Crippen LogP contribution in [0.2, 0.25) is 0 Å². The molecule has 1 atom stereocenters. The van der Waals surface area contributed by atoms with Crippen molar-refractivity contribution in [1.82, 2.24) is 4.57 Å². The molecule has 1 aliphatic heterocycles. The summed E-state index contributed by atoms with van der Waals surface area (Å²) < 4.78 is 12.3. The molecular formula is C10H14N2O3. The Kier molecular flexibility index (Phi) is 3.03. The van der Waals surface area contributed by atoms with Crippen LogP contribution in [0.25, 0.3) is 0 Å². The number of hydrogen-bond donors (Lipinski definition) is 1. The normalized spacial score (nSPS) is 21.5. The van der Waals surface area contributed by atoms with Gasteiger partial charge in [0.25, 0.3) is 5.56 Å². The highest BCUT2D eigenvalue weighted by Gasteiger charge is 2.15. The van der Waals surface area contributed by atoms with E-state index in [4.69, 9.17) is 15.2 Å². The van der Waals surface area contributed by atoms with Gasteiger partial charge in [-0.3, -0.25) is 4.79 Å². The quantitative estimate of drug-likeness (QED) is 0.737. The molecule has 0 bridgehead atoms. The standard InChI is InChI=1S/C10H14N2O3/c11-9-2-1-3-12(10(9)13)6-8-7-14-4-5-15-8/h1-3,8H,4-7,11H2. The molecule has 0 radical (unpaired) electrons. The largest absolute Gasteiger partial charge is 0.394 e. The van der Waals surface area contributed by atoms with Gasteiger partial charge in [0.2, 0.25) is 0 Å². The summed E-state index contributed by atoms with van der Waals surface area (Å²) in [7, 11) is 0. The van der Waals surface area contributed by atoms with Crippen molar-refractivity contribution in [2.24, 2.45) is 0 Å². The molecule has 0 amide bonds. The molecule has 0 spiro atoms. The molecular weight excluding hydrogens is 196 g/mol. The maximum absolute atomic E-state index is 11.6. The number of ether oxygens (including phenoxy) is 2. The number of pyridine rings is 1. The second-order valence-electron chi connectivity index (χ2n) is 3.49. The molecule has 0 aliphatic carbocycles. The van der Waals surface area contributed by atoms with Gasteiger partial charge >= 0.3 is 0 Å². The van der Waals surface area contributed by atoms with Gasteiger partial charge in [0.1, 0.15) is 0 Å². The topological polar surface area (TPSA) is 66.5 Å². The van der Waals surface area contributed by atoms with Gasteiger partial charge in [-0.25, -0.2) is 0 Å². The highest BCUT2D eigenvalue weighted by atomic mass is 16.6. The van der Waals surface area contributed by atoms with Crippen LogP contribution in [0.5, 0.6) is 0 Å². The third-order valence-electron chi connectivity index (χ3n) is 2.33. The zero-order valence-corrected chi connectivity index (χ0v) is 8.39.